The minimum atomic E-state index is -3.72. The molecule has 0 radical (unpaired) electrons. The van der Waals surface area contributed by atoms with Crippen molar-refractivity contribution >= 4 is 11.0 Å². The maximum Gasteiger partial charge on any atom is 0.586 e. The van der Waals surface area contributed by atoms with Gasteiger partial charge in [0, 0.05) is 0 Å². The molecular weight excluding hydrogens is 354 g/mol. The molecule has 1 fully saturated rings. The summed E-state index contributed by atoms with van der Waals surface area (Å²) in [5.41, 5.74) is 0.638. The standard InChI is InChI=1S/C20H24F2N2O3/c1-12-6-5-8-13(12)7-3-2-4-9-15-19(25)24-17-14(23-15)10-11-16-18(17)27-20(21,22)26-16/h10-13H,2-9H2,1H3,(H,24,25)/t12-,13+/m0/s1. The fraction of sp³-hybridized carbons (Fsp3) is 0.600. The molecule has 2 aromatic rings. The highest BCUT2D eigenvalue weighted by Crippen LogP contribution is 2.44. The number of halogens is 2. The first-order valence-corrected chi connectivity index (χ1v) is 9.75. The maximum atomic E-state index is 13.3. The first-order valence-electron chi connectivity index (χ1n) is 9.75. The number of aromatic nitrogens is 2. The van der Waals surface area contributed by atoms with Crippen LogP contribution in [0.2, 0.25) is 0 Å². The summed E-state index contributed by atoms with van der Waals surface area (Å²) < 4.78 is 35.4. The van der Waals surface area contributed by atoms with Crippen LogP contribution in [-0.4, -0.2) is 16.3 Å². The Kier molecular flexibility index (Phi) is 4.78. The predicted octanol–water partition coefficient (Wildman–Crippen LogP) is 4.78. The number of nitrogens with one attached hydrogen (secondary N) is 1. The highest BCUT2D eigenvalue weighted by atomic mass is 19.3. The van der Waals surface area contributed by atoms with Gasteiger partial charge in [-0.25, -0.2) is 4.98 Å². The van der Waals surface area contributed by atoms with Crippen LogP contribution in [0.4, 0.5) is 8.78 Å². The van der Waals surface area contributed by atoms with E-state index in [1.807, 2.05) is 0 Å². The Morgan fingerprint density at radius 2 is 2.07 bits per heavy atom. The number of aromatic amines is 1. The number of ether oxygens (including phenoxy) is 2. The van der Waals surface area contributed by atoms with Gasteiger partial charge in [0.25, 0.3) is 5.56 Å². The van der Waals surface area contributed by atoms with Crippen molar-refractivity contribution in [2.75, 3.05) is 0 Å². The summed E-state index contributed by atoms with van der Waals surface area (Å²) in [6.45, 7) is 2.34. The van der Waals surface area contributed by atoms with Gasteiger partial charge in [-0.3, -0.25) is 4.79 Å². The van der Waals surface area contributed by atoms with Crippen LogP contribution >= 0.6 is 0 Å². The Morgan fingerprint density at radius 3 is 2.85 bits per heavy atom. The number of benzene rings is 1. The molecule has 1 aliphatic carbocycles. The van der Waals surface area contributed by atoms with Gasteiger partial charge < -0.3 is 14.5 Å². The number of rotatable bonds is 6. The summed E-state index contributed by atoms with van der Waals surface area (Å²) in [5, 5.41) is 0. The summed E-state index contributed by atoms with van der Waals surface area (Å²) in [6, 6.07) is 2.94. The van der Waals surface area contributed by atoms with Crippen LogP contribution in [0.1, 0.15) is 57.6 Å². The van der Waals surface area contributed by atoms with Crippen molar-refractivity contribution in [1.29, 1.82) is 0 Å². The molecule has 0 amide bonds. The molecule has 7 heteroatoms. The molecule has 1 N–H and O–H groups in total. The minimum absolute atomic E-state index is 0.0983. The van der Waals surface area contributed by atoms with E-state index in [0.29, 0.717) is 17.6 Å². The highest BCUT2D eigenvalue weighted by molar-refractivity contribution is 5.84. The smallest absolute Gasteiger partial charge is 0.395 e. The lowest BCUT2D eigenvalue weighted by molar-refractivity contribution is -0.286. The topological polar surface area (TPSA) is 64.2 Å². The number of unbranched alkanes of at least 4 members (excludes halogenated alkanes) is 2. The number of H-pyrrole nitrogens is 1. The van der Waals surface area contributed by atoms with E-state index in [-0.39, 0.29) is 22.6 Å². The fourth-order valence-corrected chi connectivity index (χ4v) is 4.29. The van der Waals surface area contributed by atoms with Crippen molar-refractivity contribution in [2.24, 2.45) is 11.8 Å². The highest BCUT2D eigenvalue weighted by Gasteiger charge is 2.44. The van der Waals surface area contributed by atoms with Gasteiger partial charge in [-0.05, 0) is 36.8 Å². The number of hydrogen-bond donors (Lipinski definition) is 1. The molecule has 0 spiro atoms. The van der Waals surface area contributed by atoms with Gasteiger partial charge >= 0.3 is 6.29 Å². The van der Waals surface area contributed by atoms with E-state index in [0.717, 1.165) is 24.7 Å². The van der Waals surface area contributed by atoms with E-state index in [1.54, 1.807) is 6.07 Å². The lowest BCUT2D eigenvalue weighted by Crippen LogP contribution is -2.26. The second-order valence-electron chi connectivity index (χ2n) is 7.73. The zero-order valence-corrected chi connectivity index (χ0v) is 15.4. The first-order chi connectivity index (χ1) is 12.9. The molecule has 0 saturated heterocycles. The molecule has 2 aliphatic rings. The van der Waals surface area contributed by atoms with E-state index >= 15 is 0 Å². The number of hydrogen-bond acceptors (Lipinski definition) is 4. The van der Waals surface area contributed by atoms with E-state index in [4.69, 9.17) is 0 Å². The van der Waals surface area contributed by atoms with E-state index in [2.05, 4.69) is 26.4 Å². The Balaban J connectivity index is 1.39. The van der Waals surface area contributed by atoms with Crippen molar-refractivity contribution in [2.45, 2.75) is 64.6 Å². The Bertz CT molecular complexity index is 897. The normalized spacial score (nSPS) is 23.2. The largest absolute Gasteiger partial charge is 0.586 e. The van der Waals surface area contributed by atoms with Crippen molar-refractivity contribution in [1.82, 2.24) is 9.97 Å². The zero-order valence-electron chi connectivity index (χ0n) is 15.4. The summed E-state index contributed by atoms with van der Waals surface area (Å²) in [4.78, 5) is 19.3. The molecule has 1 aromatic carbocycles. The van der Waals surface area contributed by atoms with E-state index in [1.165, 1.54) is 38.2 Å². The Labute approximate surface area is 156 Å². The average Bonchev–Trinajstić information content (AvgIpc) is 3.16. The number of alkyl halides is 2. The molecule has 0 unspecified atom stereocenters. The van der Waals surface area contributed by atoms with Crippen molar-refractivity contribution in [3.8, 4) is 11.5 Å². The number of nitrogens with zero attached hydrogens (tertiary/aromatic N) is 1. The molecule has 2 atom stereocenters. The van der Waals surface area contributed by atoms with Crippen LogP contribution in [0.15, 0.2) is 16.9 Å². The van der Waals surface area contributed by atoms with Crippen LogP contribution in [0.3, 0.4) is 0 Å². The lowest BCUT2D eigenvalue weighted by Gasteiger charge is -2.14. The van der Waals surface area contributed by atoms with E-state index in [9.17, 15) is 13.6 Å². The summed E-state index contributed by atoms with van der Waals surface area (Å²) in [6.07, 6.45) is 5.31. The second kappa shape index (κ2) is 7.09. The quantitative estimate of drug-likeness (QED) is 0.735. The predicted molar refractivity (Wildman–Crippen MR) is 97.2 cm³/mol. The molecule has 1 saturated carbocycles. The molecule has 27 heavy (non-hydrogen) atoms. The monoisotopic (exact) mass is 378 g/mol. The van der Waals surface area contributed by atoms with Crippen LogP contribution in [0, 0.1) is 11.8 Å². The van der Waals surface area contributed by atoms with Gasteiger partial charge in [-0.1, -0.05) is 45.4 Å². The summed E-state index contributed by atoms with van der Waals surface area (Å²) in [5.74, 6) is 1.43. The fourth-order valence-electron chi connectivity index (χ4n) is 4.29. The molecule has 5 nitrogen and oxygen atoms in total. The van der Waals surface area contributed by atoms with Crippen molar-refractivity contribution in [3.63, 3.8) is 0 Å². The van der Waals surface area contributed by atoms with Gasteiger partial charge in [0.1, 0.15) is 11.2 Å². The molecule has 1 aromatic heterocycles. The van der Waals surface area contributed by atoms with Gasteiger partial charge in [0.05, 0.1) is 5.52 Å². The van der Waals surface area contributed by atoms with Crippen LogP contribution < -0.4 is 15.0 Å². The van der Waals surface area contributed by atoms with Crippen LogP contribution in [0.25, 0.3) is 11.0 Å². The number of aryl methyl sites for hydroxylation is 1. The van der Waals surface area contributed by atoms with Crippen LogP contribution in [-0.2, 0) is 6.42 Å². The maximum absolute atomic E-state index is 13.3. The lowest BCUT2D eigenvalue weighted by atomic mass is 9.92. The Morgan fingerprint density at radius 1 is 1.22 bits per heavy atom. The SMILES string of the molecule is C[C@H]1CCC[C@H]1CCCCCc1nc2ccc3c(c2[nH]c1=O)OC(F)(F)O3. The molecule has 2 heterocycles. The first kappa shape index (κ1) is 18.2. The van der Waals surface area contributed by atoms with Gasteiger partial charge in [0.15, 0.2) is 11.5 Å². The van der Waals surface area contributed by atoms with Gasteiger partial charge in [0.2, 0.25) is 0 Å². The van der Waals surface area contributed by atoms with Gasteiger partial charge in [-0.15, -0.1) is 8.78 Å². The van der Waals surface area contributed by atoms with Crippen LogP contribution in [0.5, 0.6) is 11.5 Å². The zero-order chi connectivity index (χ0) is 19.0. The van der Waals surface area contributed by atoms with Crippen molar-refractivity contribution < 1.29 is 18.3 Å². The third kappa shape index (κ3) is 3.77. The molecule has 0 bridgehead atoms. The third-order valence-corrected chi connectivity index (χ3v) is 5.83. The molecular formula is C20H24F2N2O3. The summed E-state index contributed by atoms with van der Waals surface area (Å²) in [7, 11) is 0. The van der Waals surface area contributed by atoms with E-state index < -0.39 is 6.29 Å². The third-order valence-electron chi connectivity index (χ3n) is 5.83. The second-order valence-corrected chi connectivity index (χ2v) is 7.73. The summed E-state index contributed by atoms with van der Waals surface area (Å²) >= 11 is 0. The molecule has 146 valence electrons. The molecule has 1 aliphatic heterocycles. The minimum Gasteiger partial charge on any atom is -0.395 e. The van der Waals surface area contributed by atoms with Crippen molar-refractivity contribution in [3.05, 3.63) is 28.2 Å². The Hall–Kier alpha value is -2.18. The van der Waals surface area contributed by atoms with Gasteiger partial charge in [-0.2, -0.15) is 0 Å². The average molecular weight is 378 g/mol. The molecule has 4 rings (SSSR count). The number of fused-ring (bicyclic) bond motifs is 3.